The van der Waals surface area contributed by atoms with Gasteiger partial charge in [-0.1, -0.05) is 23.7 Å². The van der Waals surface area contributed by atoms with Crippen molar-refractivity contribution in [1.29, 1.82) is 0 Å². The summed E-state index contributed by atoms with van der Waals surface area (Å²) >= 11 is 6.01. The molecule has 1 aliphatic rings. The fraction of sp³-hybridized carbons (Fsp3) is 0.312. The topological polar surface area (TPSA) is 75.2 Å². The number of benzene rings is 1. The summed E-state index contributed by atoms with van der Waals surface area (Å²) in [7, 11) is 1.49. The van der Waals surface area contributed by atoms with Crippen molar-refractivity contribution in [2.24, 2.45) is 7.05 Å². The van der Waals surface area contributed by atoms with Crippen molar-refractivity contribution in [2.45, 2.75) is 12.3 Å². The Balaban J connectivity index is 1.82. The largest absolute Gasteiger partial charge is 0.338 e. The van der Waals surface area contributed by atoms with Crippen LogP contribution in [0.15, 0.2) is 40.1 Å². The van der Waals surface area contributed by atoms with Gasteiger partial charge in [-0.05, 0) is 24.1 Å². The van der Waals surface area contributed by atoms with E-state index in [0.717, 1.165) is 12.0 Å². The lowest BCUT2D eigenvalue weighted by molar-refractivity contribution is 0.0788. The van der Waals surface area contributed by atoms with E-state index in [9.17, 15) is 14.4 Å². The molecule has 0 radical (unpaired) electrons. The molecule has 0 spiro atoms. The monoisotopic (exact) mass is 333 g/mol. The third-order valence-corrected chi connectivity index (χ3v) is 4.37. The van der Waals surface area contributed by atoms with Gasteiger partial charge in [-0.2, -0.15) is 0 Å². The molecule has 1 aromatic heterocycles. The highest BCUT2D eigenvalue weighted by molar-refractivity contribution is 6.30. The molecule has 1 aromatic carbocycles. The molecular formula is C16H16ClN3O3. The standard InChI is InChI=1S/C16H16ClN3O3/c1-19-9-13(14(21)18-16(19)23)15(22)20-6-5-11(8-20)10-3-2-4-12(17)7-10/h2-4,7,9,11H,5-6,8H2,1H3,(H,18,21,23). The van der Waals surface area contributed by atoms with Gasteiger partial charge in [-0.3, -0.25) is 14.6 Å². The Bertz CT molecular complexity index is 871. The van der Waals surface area contributed by atoms with E-state index in [2.05, 4.69) is 4.98 Å². The van der Waals surface area contributed by atoms with Crippen LogP contribution in [0.2, 0.25) is 5.02 Å². The first kappa shape index (κ1) is 15.6. The maximum Gasteiger partial charge on any atom is 0.328 e. The number of aromatic nitrogens is 2. The van der Waals surface area contributed by atoms with Crippen LogP contribution in [0.3, 0.4) is 0 Å². The highest BCUT2D eigenvalue weighted by atomic mass is 35.5. The van der Waals surface area contributed by atoms with Crippen LogP contribution in [-0.2, 0) is 7.05 Å². The maximum atomic E-state index is 12.5. The number of amides is 1. The molecule has 1 atom stereocenters. The minimum atomic E-state index is -0.649. The Morgan fingerprint density at radius 3 is 2.87 bits per heavy atom. The van der Waals surface area contributed by atoms with E-state index < -0.39 is 11.2 Å². The molecule has 23 heavy (non-hydrogen) atoms. The second-order valence-corrected chi connectivity index (χ2v) is 6.14. The van der Waals surface area contributed by atoms with E-state index >= 15 is 0 Å². The number of carbonyl (C=O) groups excluding carboxylic acids is 1. The Morgan fingerprint density at radius 1 is 1.35 bits per heavy atom. The molecule has 120 valence electrons. The van der Waals surface area contributed by atoms with E-state index in [-0.39, 0.29) is 17.4 Å². The summed E-state index contributed by atoms with van der Waals surface area (Å²) in [6, 6.07) is 7.59. The van der Waals surface area contributed by atoms with Crippen LogP contribution in [0.25, 0.3) is 0 Å². The van der Waals surface area contributed by atoms with Crippen molar-refractivity contribution in [3.8, 4) is 0 Å². The summed E-state index contributed by atoms with van der Waals surface area (Å²) in [4.78, 5) is 39.6. The van der Waals surface area contributed by atoms with Crippen LogP contribution < -0.4 is 11.2 Å². The van der Waals surface area contributed by atoms with Crippen LogP contribution in [0.1, 0.15) is 28.3 Å². The molecule has 0 aliphatic carbocycles. The summed E-state index contributed by atoms with van der Waals surface area (Å²) in [6.45, 7) is 1.10. The average molecular weight is 334 g/mol. The molecule has 1 fully saturated rings. The molecule has 1 N–H and O–H groups in total. The van der Waals surface area contributed by atoms with Crippen molar-refractivity contribution in [1.82, 2.24) is 14.5 Å². The molecule has 6 nitrogen and oxygen atoms in total. The normalized spacial score (nSPS) is 17.5. The number of carbonyl (C=O) groups is 1. The van der Waals surface area contributed by atoms with E-state index in [0.29, 0.717) is 18.1 Å². The summed E-state index contributed by atoms with van der Waals surface area (Å²) in [6.07, 6.45) is 2.10. The van der Waals surface area contributed by atoms with Gasteiger partial charge in [-0.25, -0.2) is 4.79 Å². The Labute approximate surface area is 137 Å². The number of halogens is 1. The van der Waals surface area contributed by atoms with Crippen molar-refractivity contribution < 1.29 is 4.79 Å². The average Bonchev–Trinajstić information content (AvgIpc) is 3.00. The number of aryl methyl sites for hydroxylation is 1. The third-order valence-electron chi connectivity index (χ3n) is 4.13. The first-order valence-electron chi connectivity index (χ1n) is 7.30. The van der Waals surface area contributed by atoms with Gasteiger partial charge in [0.1, 0.15) is 5.56 Å². The summed E-state index contributed by atoms with van der Waals surface area (Å²) in [5.41, 5.74) is -0.116. The molecule has 2 heterocycles. The highest BCUT2D eigenvalue weighted by Gasteiger charge is 2.29. The van der Waals surface area contributed by atoms with Gasteiger partial charge in [0.05, 0.1) is 0 Å². The molecule has 2 aromatic rings. The van der Waals surface area contributed by atoms with E-state index in [4.69, 9.17) is 11.6 Å². The van der Waals surface area contributed by atoms with Gasteiger partial charge >= 0.3 is 5.69 Å². The lowest BCUT2D eigenvalue weighted by atomic mass is 9.99. The van der Waals surface area contributed by atoms with Crippen molar-refractivity contribution in [3.63, 3.8) is 0 Å². The molecular weight excluding hydrogens is 318 g/mol. The summed E-state index contributed by atoms with van der Waals surface area (Å²) in [5, 5.41) is 0.668. The van der Waals surface area contributed by atoms with Gasteiger partial charge in [0.2, 0.25) is 0 Å². The lowest BCUT2D eigenvalue weighted by Gasteiger charge is -2.16. The Kier molecular flexibility index (Phi) is 4.09. The van der Waals surface area contributed by atoms with E-state index in [1.807, 2.05) is 24.3 Å². The highest BCUT2D eigenvalue weighted by Crippen LogP contribution is 2.29. The van der Waals surface area contributed by atoms with Gasteiger partial charge in [0.25, 0.3) is 11.5 Å². The lowest BCUT2D eigenvalue weighted by Crippen LogP contribution is -2.37. The Hall–Kier alpha value is -2.34. The zero-order valence-corrected chi connectivity index (χ0v) is 13.3. The maximum absolute atomic E-state index is 12.5. The number of hydrogen-bond acceptors (Lipinski definition) is 3. The number of nitrogens with one attached hydrogen (secondary N) is 1. The van der Waals surface area contributed by atoms with Crippen molar-refractivity contribution >= 4 is 17.5 Å². The number of rotatable bonds is 2. The minimum Gasteiger partial charge on any atom is -0.338 e. The van der Waals surface area contributed by atoms with Crippen LogP contribution >= 0.6 is 11.6 Å². The first-order chi connectivity index (χ1) is 11.0. The molecule has 1 saturated heterocycles. The smallest absolute Gasteiger partial charge is 0.328 e. The zero-order valence-electron chi connectivity index (χ0n) is 12.6. The molecule has 7 heteroatoms. The predicted molar refractivity (Wildman–Crippen MR) is 87.0 cm³/mol. The van der Waals surface area contributed by atoms with Crippen LogP contribution in [-0.4, -0.2) is 33.4 Å². The number of H-pyrrole nitrogens is 1. The van der Waals surface area contributed by atoms with Crippen LogP contribution in [0.4, 0.5) is 0 Å². The quantitative estimate of drug-likeness (QED) is 0.901. The second kappa shape index (κ2) is 6.04. The molecule has 1 amide bonds. The van der Waals surface area contributed by atoms with Crippen LogP contribution in [0.5, 0.6) is 0 Å². The summed E-state index contributed by atoms with van der Waals surface area (Å²) < 4.78 is 1.19. The second-order valence-electron chi connectivity index (χ2n) is 5.70. The molecule has 1 aliphatic heterocycles. The van der Waals surface area contributed by atoms with Gasteiger partial charge in [0.15, 0.2) is 0 Å². The van der Waals surface area contributed by atoms with Gasteiger partial charge in [0, 0.05) is 37.3 Å². The molecule has 0 saturated carbocycles. The minimum absolute atomic E-state index is 0.0150. The zero-order chi connectivity index (χ0) is 16.6. The van der Waals surface area contributed by atoms with E-state index in [1.54, 1.807) is 4.90 Å². The fourth-order valence-electron chi connectivity index (χ4n) is 2.86. The first-order valence-corrected chi connectivity index (χ1v) is 7.68. The van der Waals surface area contributed by atoms with Crippen LogP contribution in [0, 0.1) is 0 Å². The SMILES string of the molecule is Cn1cc(C(=O)N2CCC(c3cccc(Cl)c3)C2)c(=O)[nH]c1=O. The molecule has 1 unspecified atom stereocenters. The number of nitrogens with zero attached hydrogens (tertiary/aromatic N) is 2. The number of likely N-dealkylation sites (tertiary alicyclic amines) is 1. The number of aromatic amines is 1. The Morgan fingerprint density at radius 2 is 2.13 bits per heavy atom. The number of hydrogen-bond donors (Lipinski definition) is 1. The fourth-order valence-corrected chi connectivity index (χ4v) is 3.06. The van der Waals surface area contributed by atoms with Gasteiger partial charge < -0.3 is 9.47 Å². The van der Waals surface area contributed by atoms with E-state index in [1.165, 1.54) is 17.8 Å². The van der Waals surface area contributed by atoms with Crippen molar-refractivity contribution in [2.75, 3.05) is 13.1 Å². The molecule has 0 bridgehead atoms. The summed E-state index contributed by atoms with van der Waals surface area (Å²) in [5.74, 6) is -0.157. The third kappa shape index (κ3) is 3.07. The molecule has 3 rings (SSSR count). The van der Waals surface area contributed by atoms with Gasteiger partial charge in [-0.15, -0.1) is 0 Å². The predicted octanol–water partition coefficient (Wildman–Crippen LogP) is 1.36. The van der Waals surface area contributed by atoms with Crippen molar-refractivity contribution in [3.05, 3.63) is 67.4 Å².